The van der Waals surface area contributed by atoms with Crippen LogP contribution >= 0.6 is 11.3 Å². The summed E-state index contributed by atoms with van der Waals surface area (Å²) in [5, 5.41) is 2.64. The van der Waals surface area contributed by atoms with E-state index in [4.69, 9.17) is 9.47 Å². The maximum Gasteiger partial charge on any atom is 0.170 e. The summed E-state index contributed by atoms with van der Waals surface area (Å²) in [6.07, 6.45) is 5.97. The van der Waals surface area contributed by atoms with Crippen LogP contribution in [0.1, 0.15) is 22.3 Å². The van der Waals surface area contributed by atoms with Gasteiger partial charge in [-0.3, -0.25) is 0 Å². The monoisotopic (exact) mass is 773 g/mol. The molecule has 9 aromatic rings. The predicted molar refractivity (Wildman–Crippen MR) is 242 cm³/mol. The van der Waals surface area contributed by atoms with E-state index in [2.05, 4.69) is 205 Å². The lowest BCUT2D eigenvalue weighted by Crippen LogP contribution is -2.40. The van der Waals surface area contributed by atoms with Crippen molar-refractivity contribution in [2.24, 2.45) is 0 Å². The molecule has 278 valence electrons. The first-order valence-electron chi connectivity index (χ1n) is 20.3. The van der Waals surface area contributed by atoms with Gasteiger partial charge in [-0.05, 0) is 111 Å². The van der Waals surface area contributed by atoms with E-state index in [-0.39, 0.29) is 12.2 Å². The molecule has 3 aliphatic carbocycles. The molecule has 0 bridgehead atoms. The van der Waals surface area contributed by atoms with Crippen LogP contribution in [0.15, 0.2) is 206 Å². The average Bonchev–Trinajstić information content (AvgIpc) is 3.93. The van der Waals surface area contributed by atoms with Gasteiger partial charge in [0.25, 0.3) is 0 Å². The highest BCUT2D eigenvalue weighted by Crippen LogP contribution is 2.65. The van der Waals surface area contributed by atoms with Gasteiger partial charge in [-0.2, -0.15) is 0 Å². The second kappa shape index (κ2) is 12.4. The average molecular weight is 774 g/mol. The molecule has 0 fully saturated rings. The highest BCUT2D eigenvalue weighted by Gasteiger charge is 2.53. The van der Waals surface area contributed by atoms with Gasteiger partial charge in [-0.1, -0.05) is 140 Å². The zero-order valence-corrected chi connectivity index (χ0v) is 32.7. The Kier molecular flexibility index (Phi) is 6.93. The fourth-order valence-corrected chi connectivity index (χ4v) is 11.5. The number of para-hydroxylation sites is 1. The molecule has 0 saturated carbocycles. The molecule has 0 amide bonds. The Hall–Kier alpha value is -7.14. The van der Waals surface area contributed by atoms with E-state index >= 15 is 0 Å². The number of hydrogen-bond donors (Lipinski definition) is 0. The summed E-state index contributed by atoms with van der Waals surface area (Å²) < 4.78 is 16.7. The number of nitrogens with zero attached hydrogens (tertiary/aromatic N) is 1. The van der Waals surface area contributed by atoms with Crippen LogP contribution in [0.3, 0.4) is 0 Å². The number of hydrogen-bond acceptors (Lipinski definition) is 4. The zero-order chi connectivity index (χ0) is 38.7. The standard InChI is InChI=1S/C55H35NO2S/c1-2-12-36(13-3-1)56(37-25-22-34(23-26-37)35-24-28-42-41-16-7-11-21-51(41)59-52(42)32-35)38-27-30-48-50(33-38)58-54-49(57-48)31-29-47-53(54)43-17-6-10-20-46(43)55(47)44-18-8-4-14-39(44)40-15-5-9-19-45(40)55/h1-33,48,50H. The van der Waals surface area contributed by atoms with Crippen molar-refractivity contribution in [2.75, 3.05) is 4.90 Å². The summed E-state index contributed by atoms with van der Waals surface area (Å²) in [5.74, 6) is 1.59. The minimum Gasteiger partial charge on any atom is -0.478 e. The number of allylic oxidation sites excluding steroid dienone is 1. The Morgan fingerprint density at radius 1 is 0.475 bits per heavy atom. The van der Waals surface area contributed by atoms with Gasteiger partial charge in [0, 0.05) is 42.8 Å². The number of anilines is 2. The number of ether oxygens (including phenoxy) is 2. The van der Waals surface area contributed by atoms with Gasteiger partial charge in [0.05, 0.1) is 5.41 Å². The molecule has 0 radical (unpaired) electrons. The zero-order valence-electron chi connectivity index (χ0n) is 31.9. The minimum atomic E-state index is -0.443. The van der Waals surface area contributed by atoms with Crippen molar-refractivity contribution in [1.29, 1.82) is 0 Å². The van der Waals surface area contributed by atoms with E-state index in [1.54, 1.807) is 0 Å². The fraction of sp³-hybridized carbons (Fsp3) is 0.0545. The number of thiophene rings is 1. The Morgan fingerprint density at radius 2 is 1.10 bits per heavy atom. The molecule has 1 spiro atoms. The van der Waals surface area contributed by atoms with Crippen LogP contribution in [-0.2, 0) is 5.41 Å². The molecule has 2 unspecified atom stereocenters. The number of fused-ring (bicyclic) bond motifs is 16. The third-order valence-electron chi connectivity index (χ3n) is 12.8. The van der Waals surface area contributed by atoms with Crippen LogP contribution in [0.25, 0.3) is 53.6 Å². The second-order valence-electron chi connectivity index (χ2n) is 15.8. The molecule has 59 heavy (non-hydrogen) atoms. The molecule has 1 aliphatic heterocycles. The van der Waals surface area contributed by atoms with Crippen LogP contribution in [0, 0.1) is 0 Å². The summed E-state index contributed by atoms with van der Waals surface area (Å²) in [5.41, 5.74) is 15.2. The molecule has 2 heterocycles. The Labute approximate surface area is 346 Å². The fourth-order valence-electron chi connectivity index (χ4n) is 10.3. The summed E-state index contributed by atoms with van der Waals surface area (Å²) in [6.45, 7) is 0. The van der Waals surface area contributed by atoms with E-state index in [1.165, 1.54) is 70.2 Å². The SMILES string of the molecule is C1=CC2Oc3ccc4c(c3OC2C=C1N(c1ccccc1)c1ccc(-c2ccc3c(c2)sc2ccccc23)cc1)-c1ccccc1C41c2ccccc2-c2ccccc21. The molecule has 4 aliphatic rings. The Balaban J connectivity index is 0.897. The van der Waals surface area contributed by atoms with Crippen LogP contribution in [0.5, 0.6) is 11.5 Å². The van der Waals surface area contributed by atoms with Gasteiger partial charge < -0.3 is 14.4 Å². The molecule has 4 heteroatoms. The molecule has 1 aromatic heterocycles. The summed E-state index contributed by atoms with van der Waals surface area (Å²) in [4.78, 5) is 2.32. The van der Waals surface area contributed by atoms with Crippen molar-refractivity contribution in [2.45, 2.75) is 17.6 Å². The summed E-state index contributed by atoms with van der Waals surface area (Å²) >= 11 is 1.86. The first-order valence-corrected chi connectivity index (χ1v) is 21.1. The molecule has 0 saturated heterocycles. The van der Waals surface area contributed by atoms with Gasteiger partial charge in [0.2, 0.25) is 0 Å². The van der Waals surface area contributed by atoms with E-state index in [1.807, 2.05) is 11.3 Å². The minimum absolute atomic E-state index is 0.258. The molecule has 0 N–H and O–H groups in total. The van der Waals surface area contributed by atoms with Gasteiger partial charge >= 0.3 is 0 Å². The molecule has 8 aromatic carbocycles. The van der Waals surface area contributed by atoms with Crippen molar-refractivity contribution >= 4 is 42.9 Å². The molecule has 2 atom stereocenters. The lowest BCUT2D eigenvalue weighted by Gasteiger charge is -2.37. The van der Waals surface area contributed by atoms with E-state index in [9.17, 15) is 0 Å². The Morgan fingerprint density at radius 3 is 1.88 bits per heavy atom. The first-order chi connectivity index (χ1) is 29.2. The number of rotatable bonds is 4. The topological polar surface area (TPSA) is 21.7 Å². The maximum atomic E-state index is 7.22. The van der Waals surface area contributed by atoms with Gasteiger partial charge in [-0.15, -0.1) is 11.3 Å². The largest absolute Gasteiger partial charge is 0.478 e. The van der Waals surface area contributed by atoms with Crippen LogP contribution in [-0.4, -0.2) is 12.2 Å². The molecular weight excluding hydrogens is 739 g/mol. The van der Waals surface area contributed by atoms with E-state index < -0.39 is 5.41 Å². The summed E-state index contributed by atoms with van der Waals surface area (Å²) in [7, 11) is 0. The van der Waals surface area contributed by atoms with Crippen LogP contribution in [0.4, 0.5) is 11.4 Å². The predicted octanol–water partition coefficient (Wildman–Crippen LogP) is 13.9. The lowest BCUT2D eigenvalue weighted by atomic mass is 9.70. The molecular formula is C55H35NO2S. The van der Waals surface area contributed by atoms with Crippen molar-refractivity contribution in [3.63, 3.8) is 0 Å². The van der Waals surface area contributed by atoms with Crippen LogP contribution < -0.4 is 14.4 Å². The first kappa shape index (κ1) is 32.9. The lowest BCUT2D eigenvalue weighted by molar-refractivity contribution is 0.0755. The second-order valence-corrected chi connectivity index (χ2v) is 16.9. The highest BCUT2D eigenvalue weighted by atomic mass is 32.1. The van der Waals surface area contributed by atoms with Crippen LogP contribution in [0.2, 0.25) is 0 Å². The third-order valence-corrected chi connectivity index (χ3v) is 14.0. The van der Waals surface area contributed by atoms with Crippen molar-refractivity contribution in [3.8, 4) is 44.9 Å². The van der Waals surface area contributed by atoms with Gasteiger partial charge in [-0.25, -0.2) is 0 Å². The van der Waals surface area contributed by atoms with E-state index in [0.717, 1.165) is 34.1 Å². The van der Waals surface area contributed by atoms with E-state index in [0.29, 0.717) is 0 Å². The smallest absolute Gasteiger partial charge is 0.170 e. The quantitative estimate of drug-likeness (QED) is 0.178. The van der Waals surface area contributed by atoms with Crippen molar-refractivity contribution in [3.05, 3.63) is 228 Å². The number of benzene rings is 8. The third kappa shape index (κ3) is 4.63. The molecule has 3 nitrogen and oxygen atoms in total. The van der Waals surface area contributed by atoms with Crippen molar-refractivity contribution < 1.29 is 9.47 Å². The van der Waals surface area contributed by atoms with Gasteiger partial charge in [0.1, 0.15) is 0 Å². The highest BCUT2D eigenvalue weighted by molar-refractivity contribution is 7.25. The van der Waals surface area contributed by atoms with Crippen molar-refractivity contribution in [1.82, 2.24) is 0 Å². The maximum absolute atomic E-state index is 7.22. The van der Waals surface area contributed by atoms with Gasteiger partial charge in [0.15, 0.2) is 23.7 Å². The normalized spacial score (nSPS) is 17.3. The Bertz CT molecular complexity index is 3200. The summed E-state index contributed by atoms with van der Waals surface area (Å²) in [6, 6.07) is 66.1. The molecule has 13 rings (SSSR count).